The molecule has 0 aliphatic heterocycles. The maximum absolute atomic E-state index is 5.89. The van der Waals surface area contributed by atoms with Crippen LogP contribution in [0.3, 0.4) is 0 Å². The molecule has 1 nitrogen and oxygen atoms in total. The van der Waals surface area contributed by atoms with Crippen molar-refractivity contribution in [1.82, 2.24) is 0 Å². The first kappa shape index (κ1) is 15.8. The van der Waals surface area contributed by atoms with Crippen LogP contribution in [0.25, 0.3) is 0 Å². The third kappa shape index (κ3) is 3.86. The van der Waals surface area contributed by atoms with E-state index in [1.807, 2.05) is 0 Å². The van der Waals surface area contributed by atoms with Gasteiger partial charge in [0.15, 0.2) is 0 Å². The molecule has 0 saturated heterocycles. The van der Waals surface area contributed by atoms with Gasteiger partial charge >= 0.3 is 0 Å². The largest absolute Gasteiger partial charge is 0.489 e. The van der Waals surface area contributed by atoms with Gasteiger partial charge in [-0.25, -0.2) is 0 Å². The second-order valence-corrected chi connectivity index (χ2v) is 7.27. The SMILES string of the molecule is C=CCOc1c(C)cc(C(C)(C)C)cc1C(C)(C)C. The summed E-state index contributed by atoms with van der Waals surface area (Å²) in [6.45, 7) is 19.9. The minimum Gasteiger partial charge on any atom is -0.489 e. The molecule has 1 aromatic carbocycles. The maximum atomic E-state index is 5.89. The summed E-state index contributed by atoms with van der Waals surface area (Å²) in [6.07, 6.45) is 1.80. The van der Waals surface area contributed by atoms with Gasteiger partial charge in [0.25, 0.3) is 0 Å². The summed E-state index contributed by atoms with van der Waals surface area (Å²) in [7, 11) is 0. The molecule has 0 aliphatic carbocycles. The van der Waals surface area contributed by atoms with E-state index in [-0.39, 0.29) is 10.8 Å². The molecule has 0 amide bonds. The highest BCUT2D eigenvalue weighted by atomic mass is 16.5. The van der Waals surface area contributed by atoms with Crippen molar-refractivity contribution in [2.24, 2.45) is 0 Å². The Hall–Kier alpha value is -1.24. The predicted molar refractivity (Wildman–Crippen MR) is 84.3 cm³/mol. The third-order valence-electron chi connectivity index (χ3n) is 3.29. The first-order chi connectivity index (χ1) is 8.57. The lowest BCUT2D eigenvalue weighted by atomic mass is 9.79. The van der Waals surface area contributed by atoms with Crippen molar-refractivity contribution < 1.29 is 4.74 Å². The smallest absolute Gasteiger partial charge is 0.126 e. The average molecular weight is 260 g/mol. The fourth-order valence-electron chi connectivity index (χ4n) is 2.10. The van der Waals surface area contributed by atoms with E-state index in [4.69, 9.17) is 4.74 Å². The highest BCUT2D eigenvalue weighted by Crippen LogP contribution is 2.38. The van der Waals surface area contributed by atoms with E-state index in [0.717, 1.165) is 5.75 Å². The minimum atomic E-state index is 0.0719. The second kappa shape index (κ2) is 5.40. The van der Waals surface area contributed by atoms with Crippen LogP contribution < -0.4 is 4.74 Å². The number of ether oxygens (including phenoxy) is 1. The van der Waals surface area contributed by atoms with Gasteiger partial charge in [-0.2, -0.15) is 0 Å². The number of hydrogen-bond acceptors (Lipinski definition) is 1. The highest BCUT2D eigenvalue weighted by Gasteiger charge is 2.24. The van der Waals surface area contributed by atoms with Gasteiger partial charge in [-0.05, 0) is 28.9 Å². The van der Waals surface area contributed by atoms with Gasteiger partial charge in [-0.15, -0.1) is 0 Å². The molecular weight excluding hydrogens is 232 g/mol. The molecule has 0 bridgehead atoms. The minimum absolute atomic E-state index is 0.0719. The summed E-state index contributed by atoms with van der Waals surface area (Å²) in [5, 5.41) is 0. The topological polar surface area (TPSA) is 9.23 Å². The van der Waals surface area contributed by atoms with Crippen LogP contribution in [0.15, 0.2) is 24.8 Å². The normalized spacial score (nSPS) is 12.4. The zero-order valence-electron chi connectivity index (χ0n) is 13.6. The van der Waals surface area contributed by atoms with E-state index in [1.165, 1.54) is 16.7 Å². The molecule has 0 unspecified atom stereocenters. The van der Waals surface area contributed by atoms with E-state index >= 15 is 0 Å². The molecule has 1 heteroatoms. The average Bonchev–Trinajstić information content (AvgIpc) is 2.23. The molecule has 0 radical (unpaired) electrons. The number of rotatable bonds is 3. The van der Waals surface area contributed by atoms with E-state index in [0.29, 0.717) is 6.61 Å². The lowest BCUT2D eigenvalue weighted by molar-refractivity contribution is 0.348. The molecule has 106 valence electrons. The number of benzene rings is 1. The number of aryl methyl sites for hydroxylation is 1. The van der Waals surface area contributed by atoms with Crippen molar-refractivity contribution in [2.45, 2.75) is 59.3 Å². The van der Waals surface area contributed by atoms with Gasteiger partial charge in [0, 0.05) is 5.56 Å². The van der Waals surface area contributed by atoms with Gasteiger partial charge in [-0.1, -0.05) is 66.3 Å². The lowest BCUT2D eigenvalue weighted by Crippen LogP contribution is -2.18. The Morgan fingerprint density at radius 2 is 1.63 bits per heavy atom. The highest BCUT2D eigenvalue weighted by molar-refractivity contribution is 5.49. The van der Waals surface area contributed by atoms with Crippen LogP contribution in [0.1, 0.15) is 58.2 Å². The molecule has 1 rings (SSSR count). The van der Waals surface area contributed by atoms with Gasteiger partial charge in [0.05, 0.1) is 0 Å². The summed E-state index contributed by atoms with van der Waals surface area (Å²) in [5.74, 6) is 1.01. The van der Waals surface area contributed by atoms with Crippen LogP contribution in [-0.4, -0.2) is 6.61 Å². The first-order valence-electron chi connectivity index (χ1n) is 6.96. The first-order valence-corrected chi connectivity index (χ1v) is 6.96. The van der Waals surface area contributed by atoms with Gasteiger partial charge in [0.2, 0.25) is 0 Å². The van der Waals surface area contributed by atoms with E-state index < -0.39 is 0 Å². The van der Waals surface area contributed by atoms with Crippen LogP contribution in [-0.2, 0) is 10.8 Å². The molecule has 0 aromatic heterocycles. The molecule has 0 atom stereocenters. The van der Waals surface area contributed by atoms with Crippen LogP contribution >= 0.6 is 0 Å². The molecule has 1 aromatic rings. The summed E-state index contributed by atoms with van der Waals surface area (Å²) in [5.41, 5.74) is 4.07. The quantitative estimate of drug-likeness (QED) is 0.682. The Balaban J connectivity index is 3.43. The summed E-state index contributed by atoms with van der Waals surface area (Å²) in [4.78, 5) is 0. The van der Waals surface area contributed by atoms with Crippen molar-refractivity contribution in [1.29, 1.82) is 0 Å². The van der Waals surface area contributed by atoms with E-state index in [2.05, 4.69) is 67.2 Å². The van der Waals surface area contributed by atoms with Crippen LogP contribution in [0.5, 0.6) is 5.75 Å². The maximum Gasteiger partial charge on any atom is 0.126 e. The Bertz CT molecular complexity index is 456. The Morgan fingerprint density at radius 1 is 1.05 bits per heavy atom. The standard InChI is InChI=1S/C18H28O/c1-9-10-19-16-13(2)11-14(17(3,4)5)12-15(16)18(6,7)8/h9,11-12H,1,10H2,2-8H3. The van der Waals surface area contributed by atoms with E-state index in [1.54, 1.807) is 6.08 Å². The molecule has 0 aliphatic rings. The summed E-state index contributed by atoms with van der Waals surface area (Å²) < 4.78 is 5.89. The predicted octanol–water partition coefficient (Wildman–Crippen LogP) is 5.15. The molecule has 19 heavy (non-hydrogen) atoms. The fourth-order valence-corrected chi connectivity index (χ4v) is 2.10. The fraction of sp³-hybridized carbons (Fsp3) is 0.556. The third-order valence-corrected chi connectivity index (χ3v) is 3.29. The molecule has 0 heterocycles. The summed E-state index contributed by atoms with van der Waals surface area (Å²) in [6, 6.07) is 4.54. The lowest BCUT2D eigenvalue weighted by Gasteiger charge is -2.28. The zero-order valence-corrected chi connectivity index (χ0v) is 13.6. The van der Waals surface area contributed by atoms with Gasteiger partial charge in [0.1, 0.15) is 12.4 Å². The Kier molecular flexibility index (Phi) is 4.50. The van der Waals surface area contributed by atoms with Crippen LogP contribution in [0.2, 0.25) is 0 Å². The second-order valence-electron chi connectivity index (χ2n) is 7.27. The van der Waals surface area contributed by atoms with Crippen molar-refractivity contribution in [2.75, 3.05) is 6.61 Å². The Labute approximate surface area is 118 Å². The van der Waals surface area contributed by atoms with Crippen molar-refractivity contribution in [3.63, 3.8) is 0 Å². The molecule has 0 spiro atoms. The van der Waals surface area contributed by atoms with Crippen molar-refractivity contribution in [3.05, 3.63) is 41.5 Å². The van der Waals surface area contributed by atoms with Crippen LogP contribution in [0.4, 0.5) is 0 Å². The monoisotopic (exact) mass is 260 g/mol. The molecule has 0 fully saturated rings. The summed E-state index contributed by atoms with van der Waals surface area (Å²) >= 11 is 0. The zero-order chi connectivity index (χ0) is 14.8. The van der Waals surface area contributed by atoms with Crippen molar-refractivity contribution >= 4 is 0 Å². The number of hydrogen-bond donors (Lipinski definition) is 0. The van der Waals surface area contributed by atoms with Crippen LogP contribution in [0, 0.1) is 6.92 Å². The Morgan fingerprint density at radius 3 is 2.05 bits per heavy atom. The molecule has 0 saturated carbocycles. The van der Waals surface area contributed by atoms with Gasteiger partial charge in [-0.3, -0.25) is 0 Å². The molecular formula is C18H28O. The molecule has 0 N–H and O–H groups in total. The van der Waals surface area contributed by atoms with Gasteiger partial charge < -0.3 is 4.74 Å². The van der Waals surface area contributed by atoms with E-state index in [9.17, 15) is 0 Å². The van der Waals surface area contributed by atoms with Crippen molar-refractivity contribution in [3.8, 4) is 5.75 Å².